The summed E-state index contributed by atoms with van der Waals surface area (Å²) in [5.74, 6) is -0.483. The molecule has 14 nitrogen and oxygen atoms in total. The molecule has 8 rings (SSSR count). The summed E-state index contributed by atoms with van der Waals surface area (Å²) < 4.78 is 67.0. The average molecular weight is 863 g/mol. The predicted octanol–water partition coefficient (Wildman–Crippen LogP) is 10.6. The topological polar surface area (TPSA) is 177 Å². The van der Waals surface area contributed by atoms with E-state index in [1.54, 1.807) is 43.6 Å². The third-order valence-corrected chi connectivity index (χ3v) is 8.93. The van der Waals surface area contributed by atoms with Gasteiger partial charge in [-0.1, -0.05) is 60.7 Å². The van der Waals surface area contributed by atoms with Crippen LogP contribution in [-0.2, 0) is 18.2 Å². The lowest BCUT2D eigenvalue weighted by Gasteiger charge is -2.14. The van der Waals surface area contributed by atoms with Gasteiger partial charge in [-0.15, -0.1) is 4.99 Å². The van der Waals surface area contributed by atoms with E-state index in [1.165, 1.54) is 37.6 Å². The van der Waals surface area contributed by atoms with Gasteiger partial charge in [0.15, 0.2) is 51.6 Å². The molecular formula is C46H37F3N4O10. The molecule has 2 heterocycles. The van der Waals surface area contributed by atoms with E-state index in [9.17, 15) is 28.1 Å². The first-order chi connectivity index (χ1) is 30.6. The Kier molecular flexibility index (Phi) is 15.1. The number of hydrogen-bond donors (Lipinski definition) is 3. The molecule has 6 aromatic carbocycles. The maximum absolute atomic E-state index is 14.3. The normalized spacial score (nSPS) is 10.4. The molecule has 0 saturated heterocycles. The van der Waals surface area contributed by atoms with Crippen LogP contribution >= 0.6 is 0 Å². The van der Waals surface area contributed by atoms with E-state index in [4.69, 9.17) is 28.9 Å². The molecule has 0 spiro atoms. The lowest BCUT2D eigenvalue weighted by molar-refractivity contribution is -0.385. The number of nitro groups is 1. The fourth-order valence-corrected chi connectivity index (χ4v) is 5.83. The van der Waals surface area contributed by atoms with Gasteiger partial charge in [-0.25, -0.2) is 23.9 Å². The number of halogens is 3. The summed E-state index contributed by atoms with van der Waals surface area (Å²) in [4.78, 5) is 32.8. The molecule has 0 radical (unpaired) electrons. The highest BCUT2D eigenvalue weighted by atomic mass is 19.2. The van der Waals surface area contributed by atoms with Crippen molar-refractivity contribution in [3.05, 3.63) is 195 Å². The second kappa shape index (κ2) is 21.4. The molecular weight excluding hydrogens is 826 g/mol. The minimum Gasteiger partial charge on any atom is -0.493 e. The number of fused-ring (bicyclic) bond motifs is 2. The van der Waals surface area contributed by atoms with Crippen molar-refractivity contribution in [3.63, 3.8) is 0 Å². The number of aromatic amines is 1. The first kappa shape index (κ1) is 44.4. The van der Waals surface area contributed by atoms with Crippen molar-refractivity contribution in [2.45, 2.75) is 13.2 Å². The molecule has 0 aliphatic heterocycles. The molecule has 0 unspecified atom stereocenters. The number of nitro benzene ring substituents is 1. The van der Waals surface area contributed by atoms with Gasteiger partial charge in [0.2, 0.25) is 0 Å². The van der Waals surface area contributed by atoms with Crippen LogP contribution in [0.5, 0.6) is 34.5 Å². The number of aromatic nitrogens is 2. The zero-order valence-corrected chi connectivity index (χ0v) is 33.4. The highest BCUT2D eigenvalue weighted by Gasteiger charge is 2.16. The van der Waals surface area contributed by atoms with E-state index in [2.05, 4.69) is 15.0 Å². The zero-order chi connectivity index (χ0) is 44.7. The molecule has 322 valence electrons. The lowest BCUT2D eigenvalue weighted by Crippen LogP contribution is -2.03. The Labute approximate surface area is 356 Å². The number of anilines is 1. The minimum absolute atomic E-state index is 0.0448. The van der Waals surface area contributed by atoms with Crippen molar-refractivity contribution < 1.29 is 52.0 Å². The third kappa shape index (κ3) is 11.8. The summed E-state index contributed by atoms with van der Waals surface area (Å²) in [6, 6.07) is 35.8. The molecule has 0 aliphatic rings. The van der Waals surface area contributed by atoms with Gasteiger partial charge < -0.3 is 28.7 Å². The van der Waals surface area contributed by atoms with Crippen LogP contribution in [0.4, 0.5) is 24.5 Å². The van der Waals surface area contributed by atoms with Crippen molar-refractivity contribution in [1.82, 2.24) is 9.97 Å². The number of nitrogens with one attached hydrogen (secondary N) is 2. The van der Waals surface area contributed by atoms with Crippen LogP contribution in [0.2, 0.25) is 0 Å². The molecule has 0 aliphatic carbocycles. The van der Waals surface area contributed by atoms with Crippen molar-refractivity contribution >= 4 is 33.2 Å². The third-order valence-electron chi connectivity index (χ3n) is 8.93. The monoisotopic (exact) mass is 862 g/mol. The molecule has 17 heteroatoms. The molecule has 0 atom stereocenters. The summed E-state index contributed by atoms with van der Waals surface area (Å²) in [7, 11) is 3.08. The SMILES string of the molecule is COc1cc2c(=O)cc[nH]c2cc1OCc1ccccc1.COc1cc2c(Oc3ccc([N+](=O)[O-])cc3F)ccnc2cc1OCc1ccccc1.OONc1ccc(F)c(F)c1. The van der Waals surface area contributed by atoms with Crippen LogP contribution in [0.15, 0.2) is 151 Å². The summed E-state index contributed by atoms with van der Waals surface area (Å²) in [5.41, 5.74) is 5.02. The molecule has 2 aromatic heterocycles. The Morgan fingerprint density at radius 2 is 1.30 bits per heavy atom. The Hall–Kier alpha value is -8.15. The van der Waals surface area contributed by atoms with Gasteiger partial charge in [-0.2, -0.15) is 0 Å². The van der Waals surface area contributed by atoms with Gasteiger partial charge in [-0.3, -0.25) is 19.9 Å². The summed E-state index contributed by atoms with van der Waals surface area (Å²) in [6.07, 6.45) is 3.15. The van der Waals surface area contributed by atoms with Crippen LogP contribution in [0, 0.1) is 27.6 Å². The highest BCUT2D eigenvalue weighted by Crippen LogP contribution is 2.38. The number of non-ortho nitro benzene ring substituents is 1. The van der Waals surface area contributed by atoms with Gasteiger partial charge >= 0.3 is 0 Å². The number of methoxy groups -OCH3 is 2. The van der Waals surface area contributed by atoms with Crippen LogP contribution < -0.4 is 34.6 Å². The number of pyridine rings is 2. The van der Waals surface area contributed by atoms with Crippen molar-refractivity contribution in [3.8, 4) is 34.5 Å². The second-order valence-corrected chi connectivity index (χ2v) is 13.1. The fourth-order valence-electron chi connectivity index (χ4n) is 5.83. The van der Waals surface area contributed by atoms with Crippen LogP contribution in [0.3, 0.4) is 0 Å². The molecule has 0 fully saturated rings. The largest absolute Gasteiger partial charge is 0.493 e. The van der Waals surface area contributed by atoms with Gasteiger partial charge in [0.25, 0.3) is 5.69 Å². The van der Waals surface area contributed by atoms with E-state index in [0.29, 0.717) is 58.3 Å². The smallest absolute Gasteiger partial charge is 0.272 e. The molecule has 63 heavy (non-hydrogen) atoms. The van der Waals surface area contributed by atoms with E-state index < -0.39 is 22.4 Å². The lowest BCUT2D eigenvalue weighted by atomic mass is 10.1. The number of hydrogen-bond acceptors (Lipinski definition) is 12. The Morgan fingerprint density at radius 3 is 1.89 bits per heavy atom. The Morgan fingerprint density at radius 1 is 0.667 bits per heavy atom. The zero-order valence-electron chi connectivity index (χ0n) is 33.4. The Balaban J connectivity index is 0.000000177. The van der Waals surface area contributed by atoms with Crippen molar-refractivity contribution in [1.29, 1.82) is 0 Å². The summed E-state index contributed by atoms with van der Waals surface area (Å²) >= 11 is 0. The van der Waals surface area contributed by atoms with E-state index in [1.807, 2.05) is 66.1 Å². The van der Waals surface area contributed by atoms with Crippen LogP contribution in [0.1, 0.15) is 11.1 Å². The van der Waals surface area contributed by atoms with Crippen molar-refractivity contribution in [2.24, 2.45) is 0 Å². The molecule has 0 amide bonds. The van der Waals surface area contributed by atoms with E-state index >= 15 is 0 Å². The van der Waals surface area contributed by atoms with Crippen LogP contribution in [-0.4, -0.2) is 34.4 Å². The predicted molar refractivity (Wildman–Crippen MR) is 228 cm³/mol. The van der Waals surface area contributed by atoms with Crippen LogP contribution in [0.25, 0.3) is 21.8 Å². The van der Waals surface area contributed by atoms with Gasteiger partial charge in [0, 0.05) is 53.5 Å². The molecule has 3 N–H and O–H groups in total. The fraction of sp³-hybridized carbons (Fsp3) is 0.0870. The number of benzene rings is 6. The summed E-state index contributed by atoms with van der Waals surface area (Å²) in [6.45, 7) is 0.798. The first-order valence-corrected chi connectivity index (χ1v) is 18.7. The molecule has 0 bridgehead atoms. The maximum atomic E-state index is 14.3. The first-order valence-electron chi connectivity index (χ1n) is 18.7. The Bertz CT molecular complexity index is 2870. The quantitative estimate of drug-likeness (QED) is 0.0569. The maximum Gasteiger partial charge on any atom is 0.272 e. The van der Waals surface area contributed by atoms with Crippen molar-refractivity contribution in [2.75, 3.05) is 19.7 Å². The van der Waals surface area contributed by atoms with E-state index in [-0.39, 0.29) is 22.6 Å². The number of ether oxygens (including phenoxy) is 5. The second-order valence-electron chi connectivity index (χ2n) is 13.1. The number of rotatable bonds is 13. The highest BCUT2D eigenvalue weighted by molar-refractivity contribution is 5.88. The molecule has 8 aromatic rings. The number of H-pyrrole nitrogens is 1. The van der Waals surface area contributed by atoms with E-state index in [0.717, 1.165) is 34.8 Å². The van der Waals surface area contributed by atoms with Gasteiger partial charge in [0.1, 0.15) is 19.0 Å². The number of nitrogens with zero attached hydrogens (tertiary/aromatic N) is 2. The molecule has 0 saturated carbocycles. The standard InChI is InChI=1S/C23H17FN2O5.C17H15NO3.C6H5F2NO2/c1-29-22-12-17-19(13-23(22)30-14-15-5-3-2-4-6-15)25-10-9-20(17)31-21-8-7-16(26(27)28)11-18(21)24;1-20-16-9-13-14(18-8-7-15(13)19)10-17(16)21-11-12-5-3-2-4-6-12;7-5-2-1-4(9-11-10)3-6(5)8/h2-13H,14H2,1H3;2-10H,11H2,1H3,(H,18,19);1-3,9-10H. The van der Waals surface area contributed by atoms with Gasteiger partial charge in [-0.05, 0) is 47.5 Å². The summed E-state index contributed by atoms with van der Waals surface area (Å²) in [5, 5.41) is 19.8. The van der Waals surface area contributed by atoms with Gasteiger partial charge in [0.05, 0.1) is 41.9 Å². The minimum atomic E-state index is -1.01. The average Bonchev–Trinajstić information content (AvgIpc) is 3.30.